The topological polar surface area (TPSA) is 18.5 Å². The van der Waals surface area contributed by atoms with Crippen molar-refractivity contribution in [3.8, 4) is 11.5 Å². The molecule has 1 rings (SSSR count). The number of methoxy groups -OCH3 is 1. The largest absolute Gasteiger partial charge is 0.565 e. The van der Waals surface area contributed by atoms with Crippen molar-refractivity contribution in [3.63, 3.8) is 0 Å². The van der Waals surface area contributed by atoms with Gasteiger partial charge in [-0.15, -0.1) is 0 Å². The number of benzene rings is 1. The first kappa shape index (κ1) is 8.27. The molecule has 0 heterocycles. The molecule has 4 heteroatoms. The summed E-state index contributed by atoms with van der Waals surface area (Å²) in [7, 11) is 3.17. The molecule has 0 N–H and O–H groups in total. The molecule has 0 spiro atoms. The molecule has 1 aromatic rings. The Labute approximate surface area is 71.5 Å². The highest BCUT2D eigenvalue weighted by Crippen LogP contribution is 2.29. The Morgan fingerprint density at radius 2 is 2.09 bits per heavy atom. The highest BCUT2D eigenvalue weighted by Gasteiger charge is 2.01. The Morgan fingerprint density at radius 1 is 1.36 bits per heavy atom. The van der Waals surface area contributed by atoms with Gasteiger partial charge in [-0.05, 0) is 12.1 Å². The number of rotatable bonds is 2. The minimum Gasteiger partial charge on any atom is -0.565 e. The van der Waals surface area contributed by atoms with E-state index in [4.69, 9.17) is 21.0 Å². The molecule has 0 atom stereocenters. The first-order valence-corrected chi connectivity index (χ1v) is 3.53. The van der Waals surface area contributed by atoms with Crippen LogP contribution in [0.4, 0.5) is 0 Å². The second-order valence-corrected chi connectivity index (χ2v) is 2.44. The summed E-state index contributed by atoms with van der Waals surface area (Å²) in [5, 5.41) is 0.641. The summed E-state index contributed by atoms with van der Waals surface area (Å²) in [6.07, 6.45) is 0. The average Bonchev–Trinajstić information content (AvgIpc) is 2.04. The lowest BCUT2D eigenvalue weighted by Gasteiger charge is -2.06. The standard InChI is InChI=1S/C7H8BClO2/c1-10-7-4-5(9)2-3-6(7)11-8/h2-4H,8H2,1H3. The van der Waals surface area contributed by atoms with Gasteiger partial charge in [0.15, 0.2) is 5.75 Å². The maximum atomic E-state index is 5.72. The highest BCUT2D eigenvalue weighted by molar-refractivity contribution is 6.30. The van der Waals surface area contributed by atoms with E-state index in [0.29, 0.717) is 16.5 Å². The van der Waals surface area contributed by atoms with E-state index in [1.807, 2.05) is 0 Å². The Morgan fingerprint density at radius 3 is 2.64 bits per heavy atom. The van der Waals surface area contributed by atoms with E-state index in [1.165, 1.54) is 0 Å². The predicted octanol–water partition coefficient (Wildman–Crippen LogP) is 1.28. The van der Waals surface area contributed by atoms with Gasteiger partial charge in [0.25, 0.3) is 0 Å². The van der Waals surface area contributed by atoms with Gasteiger partial charge in [-0.1, -0.05) is 11.6 Å². The van der Waals surface area contributed by atoms with Gasteiger partial charge in [0.05, 0.1) is 7.11 Å². The molecule has 0 aliphatic carbocycles. The normalized spacial score (nSPS) is 9.27. The highest BCUT2D eigenvalue weighted by atomic mass is 35.5. The van der Waals surface area contributed by atoms with Crippen molar-refractivity contribution in [3.05, 3.63) is 23.2 Å². The maximum absolute atomic E-state index is 5.72. The Balaban J connectivity index is 3.06. The van der Waals surface area contributed by atoms with Crippen LogP contribution in [0, 0.1) is 0 Å². The molecule has 0 bridgehead atoms. The van der Waals surface area contributed by atoms with Crippen LogP contribution in [0.2, 0.25) is 5.02 Å². The van der Waals surface area contributed by atoms with Gasteiger partial charge in [-0.2, -0.15) is 0 Å². The van der Waals surface area contributed by atoms with Crippen molar-refractivity contribution in [1.82, 2.24) is 0 Å². The first-order chi connectivity index (χ1) is 5.27. The van der Waals surface area contributed by atoms with Crippen molar-refractivity contribution < 1.29 is 9.39 Å². The van der Waals surface area contributed by atoms with Gasteiger partial charge < -0.3 is 9.39 Å². The van der Waals surface area contributed by atoms with E-state index in [9.17, 15) is 0 Å². The van der Waals surface area contributed by atoms with Crippen LogP contribution >= 0.6 is 11.6 Å². The molecule has 0 unspecified atom stereocenters. The van der Waals surface area contributed by atoms with Crippen LogP contribution in [0.25, 0.3) is 0 Å². The molecule has 0 amide bonds. The second kappa shape index (κ2) is 3.53. The number of ether oxygens (including phenoxy) is 1. The summed E-state index contributed by atoms with van der Waals surface area (Å²) >= 11 is 5.72. The zero-order valence-electron chi connectivity index (χ0n) is 6.43. The van der Waals surface area contributed by atoms with Crippen LogP contribution in [-0.2, 0) is 0 Å². The molecule has 0 aromatic heterocycles. The molecular weight excluding hydrogens is 162 g/mol. The van der Waals surface area contributed by atoms with Crippen LogP contribution in [0.3, 0.4) is 0 Å². The summed E-state index contributed by atoms with van der Waals surface area (Å²) < 4.78 is 10.0. The second-order valence-electron chi connectivity index (χ2n) is 2.00. The SMILES string of the molecule is BOc1ccc(Cl)cc1OC. The molecule has 0 fully saturated rings. The van der Waals surface area contributed by atoms with Crippen LogP contribution in [0.1, 0.15) is 0 Å². The average molecular weight is 170 g/mol. The zero-order valence-corrected chi connectivity index (χ0v) is 7.18. The fourth-order valence-electron chi connectivity index (χ4n) is 0.810. The predicted molar refractivity (Wildman–Crippen MR) is 47.2 cm³/mol. The summed E-state index contributed by atoms with van der Waals surface area (Å²) in [6, 6.07) is 5.23. The molecule has 0 aliphatic heterocycles. The zero-order chi connectivity index (χ0) is 8.27. The van der Waals surface area contributed by atoms with E-state index >= 15 is 0 Å². The van der Waals surface area contributed by atoms with Crippen LogP contribution < -0.4 is 9.39 Å². The molecule has 58 valence electrons. The van der Waals surface area contributed by atoms with Crippen LogP contribution in [-0.4, -0.2) is 15.2 Å². The van der Waals surface area contributed by atoms with Gasteiger partial charge >= 0.3 is 8.05 Å². The molecule has 0 radical (unpaired) electrons. The lowest BCUT2D eigenvalue weighted by molar-refractivity contribution is 0.397. The van der Waals surface area contributed by atoms with Crippen molar-refractivity contribution in [1.29, 1.82) is 0 Å². The fraction of sp³-hybridized carbons (Fsp3) is 0.143. The van der Waals surface area contributed by atoms with Gasteiger partial charge in [0, 0.05) is 11.1 Å². The molecule has 1 aromatic carbocycles. The van der Waals surface area contributed by atoms with E-state index < -0.39 is 0 Å². The maximum Gasteiger partial charge on any atom is 0.322 e. The van der Waals surface area contributed by atoms with Crippen molar-refractivity contribution in [2.24, 2.45) is 0 Å². The summed E-state index contributed by atoms with van der Waals surface area (Å²) in [5.41, 5.74) is 0. The summed E-state index contributed by atoms with van der Waals surface area (Å²) in [6.45, 7) is 0. The van der Waals surface area contributed by atoms with Crippen molar-refractivity contribution in [2.45, 2.75) is 0 Å². The van der Waals surface area contributed by atoms with E-state index in [0.717, 1.165) is 0 Å². The Bertz CT molecular complexity index is 252. The molecule has 2 nitrogen and oxygen atoms in total. The Kier molecular flexibility index (Phi) is 2.66. The number of hydrogen-bond acceptors (Lipinski definition) is 2. The summed E-state index contributed by atoms with van der Waals surface area (Å²) in [4.78, 5) is 0. The molecule has 0 saturated heterocycles. The van der Waals surface area contributed by atoms with Crippen molar-refractivity contribution >= 4 is 19.7 Å². The Hall–Kier alpha value is -0.825. The van der Waals surface area contributed by atoms with E-state index in [1.54, 1.807) is 33.4 Å². The van der Waals surface area contributed by atoms with Crippen LogP contribution in [0.15, 0.2) is 18.2 Å². The third-order valence-electron chi connectivity index (χ3n) is 1.35. The van der Waals surface area contributed by atoms with Gasteiger partial charge in [0.2, 0.25) is 0 Å². The molecular formula is C7H8BClO2. The molecule has 11 heavy (non-hydrogen) atoms. The number of hydrogen-bond donors (Lipinski definition) is 0. The minimum atomic E-state index is 0.641. The quantitative estimate of drug-likeness (QED) is 0.623. The first-order valence-electron chi connectivity index (χ1n) is 3.15. The molecule has 0 aliphatic rings. The van der Waals surface area contributed by atoms with E-state index in [-0.39, 0.29) is 0 Å². The van der Waals surface area contributed by atoms with Gasteiger partial charge in [0.1, 0.15) is 5.75 Å². The lowest BCUT2D eigenvalue weighted by Crippen LogP contribution is -1.90. The smallest absolute Gasteiger partial charge is 0.322 e. The minimum absolute atomic E-state index is 0.641. The van der Waals surface area contributed by atoms with Crippen molar-refractivity contribution in [2.75, 3.05) is 7.11 Å². The van der Waals surface area contributed by atoms with Gasteiger partial charge in [-0.25, -0.2) is 0 Å². The summed E-state index contributed by atoms with van der Waals surface area (Å²) in [5.74, 6) is 1.34. The van der Waals surface area contributed by atoms with Gasteiger partial charge in [-0.3, -0.25) is 0 Å². The third kappa shape index (κ3) is 1.81. The molecule has 0 saturated carbocycles. The lowest BCUT2D eigenvalue weighted by atomic mass is 10.3. The van der Waals surface area contributed by atoms with Crippen LogP contribution in [0.5, 0.6) is 11.5 Å². The monoisotopic (exact) mass is 170 g/mol. The van der Waals surface area contributed by atoms with E-state index in [2.05, 4.69) is 0 Å². The third-order valence-corrected chi connectivity index (χ3v) is 1.58. The number of halogens is 1. The fourth-order valence-corrected chi connectivity index (χ4v) is 0.972.